The topological polar surface area (TPSA) is 9.23 Å². The van der Waals surface area contributed by atoms with Gasteiger partial charge in [-0.25, -0.2) is 0 Å². The molecule has 0 amide bonds. The van der Waals surface area contributed by atoms with E-state index in [1.165, 1.54) is 12.0 Å². The van der Waals surface area contributed by atoms with Gasteiger partial charge in [-0.15, -0.1) is 0 Å². The molecule has 2 heteroatoms. The van der Waals surface area contributed by atoms with Crippen LogP contribution in [0, 0.1) is 6.92 Å². The molecule has 0 bridgehead atoms. The maximum Gasteiger partial charge on any atom is 0.0503 e. The van der Waals surface area contributed by atoms with Crippen LogP contribution in [-0.2, 0) is 4.18 Å². The highest BCUT2D eigenvalue weighted by Gasteiger charge is 1.67. The van der Waals surface area contributed by atoms with Crippen LogP contribution in [0.15, 0.2) is 0 Å². The van der Waals surface area contributed by atoms with E-state index in [4.69, 9.17) is 0 Å². The molecule has 0 aromatic heterocycles. The van der Waals surface area contributed by atoms with Gasteiger partial charge in [0, 0.05) is 5.75 Å². The second kappa shape index (κ2) is 4.31. The maximum absolute atomic E-state index is 4.55. The van der Waals surface area contributed by atoms with Crippen LogP contribution in [0.25, 0.3) is 0 Å². The van der Waals surface area contributed by atoms with Crippen LogP contribution in [0.2, 0.25) is 0 Å². The van der Waals surface area contributed by atoms with E-state index in [0.717, 1.165) is 5.75 Å². The van der Waals surface area contributed by atoms with Gasteiger partial charge in [-0.2, -0.15) is 0 Å². The van der Waals surface area contributed by atoms with E-state index >= 15 is 0 Å². The molecular formula is C3H7OS. The van der Waals surface area contributed by atoms with Gasteiger partial charge < -0.3 is 4.18 Å². The maximum atomic E-state index is 4.55. The molecule has 0 aliphatic carbocycles. The summed E-state index contributed by atoms with van der Waals surface area (Å²) in [6, 6.07) is 0. The molecule has 0 heterocycles. The van der Waals surface area contributed by atoms with Crippen molar-refractivity contribution in [2.24, 2.45) is 0 Å². The van der Waals surface area contributed by atoms with Crippen LogP contribution in [0.4, 0.5) is 0 Å². The van der Waals surface area contributed by atoms with Crippen LogP contribution in [-0.4, -0.2) is 12.9 Å². The molecule has 0 spiro atoms. The van der Waals surface area contributed by atoms with Crippen LogP contribution < -0.4 is 0 Å². The molecule has 0 N–H and O–H groups in total. The van der Waals surface area contributed by atoms with Crippen LogP contribution in [0.5, 0.6) is 0 Å². The molecule has 0 unspecified atom stereocenters. The van der Waals surface area contributed by atoms with Crippen LogP contribution in [0.3, 0.4) is 0 Å². The molecule has 31 valence electrons. The highest BCUT2D eigenvalue weighted by Crippen LogP contribution is 1.93. The second-order valence-electron chi connectivity index (χ2n) is 0.489. The van der Waals surface area contributed by atoms with Crippen molar-refractivity contribution in [1.29, 1.82) is 0 Å². The summed E-state index contributed by atoms with van der Waals surface area (Å²) >= 11 is 1.35. The van der Waals surface area contributed by atoms with Crippen molar-refractivity contribution in [2.45, 2.75) is 0 Å². The Bertz CT molecular complexity index is 14.4. The minimum absolute atomic E-state index is 0.788. The van der Waals surface area contributed by atoms with Crippen molar-refractivity contribution in [1.82, 2.24) is 0 Å². The molecule has 0 aliphatic heterocycles. The number of hydrogen-bond donors (Lipinski definition) is 0. The first-order chi connectivity index (χ1) is 2.41. The highest BCUT2D eigenvalue weighted by atomic mass is 32.2. The molecule has 0 atom stereocenters. The third kappa shape index (κ3) is 4.31. The lowest BCUT2D eigenvalue weighted by molar-refractivity contribution is 0.491. The van der Waals surface area contributed by atoms with Crippen molar-refractivity contribution in [3.05, 3.63) is 6.92 Å². The zero-order valence-corrected chi connectivity index (χ0v) is 4.05. The summed E-state index contributed by atoms with van der Waals surface area (Å²) in [4.78, 5) is 0. The largest absolute Gasteiger partial charge is 0.319 e. The SMILES string of the molecule is [CH2]CSOC. The molecule has 0 aliphatic rings. The Morgan fingerprint density at radius 2 is 2.60 bits per heavy atom. The average molecular weight is 91.2 g/mol. The van der Waals surface area contributed by atoms with Gasteiger partial charge in [0.05, 0.1) is 7.11 Å². The molecule has 0 fully saturated rings. The van der Waals surface area contributed by atoms with Crippen molar-refractivity contribution in [3.8, 4) is 0 Å². The summed E-state index contributed by atoms with van der Waals surface area (Å²) in [5.41, 5.74) is 0. The van der Waals surface area contributed by atoms with E-state index in [-0.39, 0.29) is 0 Å². The Morgan fingerprint density at radius 3 is 2.60 bits per heavy atom. The van der Waals surface area contributed by atoms with Crippen LogP contribution in [0.1, 0.15) is 0 Å². The van der Waals surface area contributed by atoms with Crippen molar-refractivity contribution in [3.63, 3.8) is 0 Å². The zero-order valence-electron chi connectivity index (χ0n) is 3.23. The van der Waals surface area contributed by atoms with Gasteiger partial charge in [0.25, 0.3) is 0 Å². The van der Waals surface area contributed by atoms with Gasteiger partial charge in [0.2, 0.25) is 0 Å². The highest BCUT2D eigenvalue weighted by molar-refractivity contribution is 7.94. The van der Waals surface area contributed by atoms with Gasteiger partial charge in [-0.3, -0.25) is 0 Å². The molecule has 0 saturated carbocycles. The quantitative estimate of drug-likeness (QED) is 0.471. The summed E-state index contributed by atoms with van der Waals surface area (Å²) in [5, 5.41) is 0. The lowest BCUT2D eigenvalue weighted by Crippen LogP contribution is -1.64. The molecule has 1 radical (unpaired) electrons. The first kappa shape index (κ1) is 5.31. The molecule has 1 nitrogen and oxygen atoms in total. The summed E-state index contributed by atoms with van der Waals surface area (Å²) in [5.74, 6) is 0.788. The molecule has 0 aromatic carbocycles. The molecule has 0 aromatic rings. The summed E-state index contributed by atoms with van der Waals surface area (Å²) in [6.07, 6.45) is 0. The average Bonchev–Trinajstić information content (AvgIpc) is 1.41. The normalized spacial score (nSPS) is 8.40. The Kier molecular flexibility index (Phi) is 4.58. The number of hydrogen-bond acceptors (Lipinski definition) is 2. The summed E-state index contributed by atoms with van der Waals surface area (Å²) < 4.78 is 4.55. The Morgan fingerprint density at radius 1 is 2.00 bits per heavy atom. The fraction of sp³-hybridized carbons (Fsp3) is 0.667. The smallest absolute Gasteiger partial charge is 0.0503 e. The van der Waals surface area contributed by atoms with Gasteiger partial charge in [0.1, 0.15) is 0 Å². The standard InChI is InChI=1S/C3H7OS/c1-3-5-4-2/h1,3H2,2H3. The number of rotatable bonds is 2. The van der Waals surface area contributed by atoms with Gasteiger partial charge in [0.15, 0.2) is 0 Å². The summed E-state index contributed by atoms with van der Waals surface area (Å²) in [7, 11) is 1.63. The Labute approximate surface area is 36.9 Å². The predicted octanol–water partition coefficient (Wildman–Crippen LogP) is 1.12. The van der Waals surface area contributed by atoms with E-state index in [2.05, 4.69) is 11.1 Å². The first-order valence-corrected chi connectivity index (χ1v) is 2.27. The Hall–Kier alpha value is 0.310. The summed E-state index contributed by atoms with van der Waals surface area (Å²) in [6.45, 7) is 3.51. The van der Waals surface area contributed by atoms with E-state index in [1.807, 2.05) is 0 Å². The monoisotopic (exact) mass is 91.0 g/mol. The molecule has 0 rings (SSSR count). The van der Waals surface area contributed by atoms with E-state index in [1.54, 1.807) is 7.11 Å². The van der Waals surface area contributed by atoms with Gasteiger partial charge >= 0.3 is 0 Å². The van der Waals surface area contributed by atoms with Crippen molar-refractivity contribution in [2.75, 3.05) is 12.9 Å². The predicted molar refractivity (Wildman–Crippen MR) is 24.8 cm³/mol. The van der Waals surface area contributed by atoms with Crippen molar-refractivity contribution < 1.29 is 4.18 Å². The van der Waals surface area contributed by atoms with Gasteiger partial charge in [-0.1, -0.05) is 0 Å². The minimum Gasteiger partial charge on any atom is -0.319 e. The van der Waals surface area contributed by atoms with Gasteiger partial charge in [-0.05, 0) is 19.0 Å². The fourth-order valence-electron chi connectivity index (χ4n) is 0.0833. The van der Waals surface area contributed by atoms with E-state index in [9.17, 15) is 0 Å². The third-order valence-corrected chi connectivity index (χ3v) is 0.604. The van der Waals surface area contributed by atoms with E-state index in [0.29, 0.717) is 0 Å². The lowest BCUT2D eigenvalue weighted by Gasteiger charge is -1.82. The zero-order chi connectivity index (χ0) is 4.12. The fourth-order valence-corrected chi connectivity index (χ4v) is 0.250. The third-order valence-electron chi connectivity index (χ3n) is 0.201. The van der Waals surface area contributed by atoms with Crippen molar-refractivity contribution >= 4 is 12.0 Å². The lowest BCUT2D eigenvalue weighted by atomic mass is 11.0. The molecule has 0 saturated heterocycles. The van der Waals surface area contributed by atoms with Crippen LogP contribution >= 0.6 is 12.0 Å². The molecule has 5 heavy (non-hydrogen) atoms. The first-order valence-electron chi connectivity index (χ1n) is 1.36. The molecular weight excluding hydrogens is 84.1 g/mol. The second-order valence-corrected chi connectivity index (χ2v) is 1.47. The van der Waals surface area contributed by atoms with E-state index < -0.39 is 0 Å². The Balaban J connectivity index is 2.19. The minimum atomic E-state index is 0.788.